The summed E-state index contributed by atoms with van der Waals surface area (Å²) < 4.78 is 22.1. The zero-order chi connectivity index (χ0) is 10.1. The molecule has 0 unspecified atom stereocenters. The van der Waals surface area contributed by atoms with Crippen LogP contribution in [0.2, 0.25) is 0 Å². The van der Waals surface area contributed by atoms with E-state index in [1.807, 2.05) is 0 Å². The minimum Gasteiger partial charge on any atom is -0.228 e. The minimum atomic E-state index is -3.08. The normalized spacial score (nSPS) is 12.8. The molecule has 0 heterocycles. The summed E-state index contributed by atoms with van der Waals surface area (Å²) in [5, 5.41) is 0. The zero-order valence-corrected chi connectivity index (χ0v) is 8.85. The van der Waals surface area contributed by atoms with Gasteiger partial charge in [0, 0.05) is 6.26 Å². The highest BCUT2D eigenvalue weighted by atomic mass is 32.2. The molecule has 1 aromatic rings. The molecule has 3 heteroatoms. The monoisotopic (exact) mass is 197 g/mol. The highest BCUT2D eigenvalue weighted by Gasteiger charge is 2.31. The van der Waals surface area contributed by atoms with E-state index in [9.17, 15) is 8.42 Å². The van der Waals surface area contributed by atoms with Gasteiger partial charge in [-0.2, -0.15) is 0 Å². The molecule has 0 spiro atoms. The van der Waals surface area contributed by atoms with Gasteiger partial charge in [0.2, 0.25) is 0 Å². The van der Waals surface area contributed by atoms with Gasteiger partial charge in [0.1, 0.15) is 0 Å². The van der Waals surface area contributed by atoms with Gasteiger partial charge in [0.05, 0.1) is 4.75 Å². The van der Waals surface area contributed by atoms with E-state index in [0.29, 0.717) is 0 Å². The van der Waals surface area contributed by atoms with Crippen LogP contribution in [0.15, 0.2) is 24.3 Å². The molecule has 0 atom stereocenters. The van der Waals surface area contributed by atoms with Crippen LogP contribution in [0.5, 0.6) is 0 Å². The predicted octanol–water partition coefficient (Wildman–Crippen LogP) is 1.77. The Bertz CT molecular complexity index is 377. The fourth-order valence-corrected chi connectivity index (χ4v) is 1.54. The van der Waals surface area contributed by atoms with Crippen LogP contribution >= 0.6 is 0 Å². The third-order valence-corrected chi connectivity index (χ3v) is 4.42. The molecule has 1 rings (SSSR count). The second-order valence-corrected chi connectivity index (χ2v) is 6.14. The van der Waals surface area contributed by atoms with Crippen LogP contribution in [0.3, 0.4) is 0 Å². The molecule has 2 nitrogen and oxygen atoms in total. The van der Waals surface area contributed by atoms with Crippen molar-refractivity contribution in [2.24, 2.45) is 0 Å². The van der Waals surface area contributed by atoms with Crippen molar-refractivity contribution in [2.75, 3.05) is 6.26 Å². The molecule has 0 aromatic heterocycles. The molecule has 71 valence electrons. The summed E-state index contributed by atoms with van der Waals surface area (Å²) >= 11 is 0. The lowest BCUT2D eigenvalue weighted by Crippen LogP contribution is -2.27. The number of hydrogen-bond acceptors (Lipinski definition) is 2. The largest absolute Gasteiger partial charge is 0.228 e. The van der Waals surface area contributed by atoms with Gasteiger partial charge in [-0.05, 0) is 31.5 Å². The Kier molecular flexibility index (Phi) is 2.48. The van der Waals surface area contributed by atoms with E-state index in [1.165, 1.54) is 6.26 Å². The van der Waals surface area contributed by atoms with Crippen molar-refractivity contribution < 1.29 is 8.42 Å². The molecule has 0 N–H and O–H groups in total. The molecule has 0 saturated heterocycles. The Morgan fingerprint density at radius 2 is 2.00 bits per heavy atom. The van der Waals surface area contributed by atoms with Gasteiger partial charge >= 0.3 is 0 Å². The lowest BCUT2D eigenvalue weighted by atomic mass is 10.0. The maximum Gasteiger partial charge on any atom is 0.156 e. The van der Waals surface area contributed by atoms with Crippen LogP contribution < -0.4 is 0 Å². The summed E-state index contributed by atoms with van der Waals surface area (Å²) in [6.07, 6.45) is 1.25. The van der Waals surface area contributed by atoms with Crippen molar-refractivity contribution in [1.29, 1.82) is 0 Å². The van der Waals surface area contributed by atoms with Crippen molar-refractivity contribution in [1.82, 2.24) is 0 Å². The molecule has 0 saturated carbocycles. The third-order valence-electron chi connectivity index (χ3n) is 2.33. The SMILES string of the molecule is CC(C)(c1c[c]ccc1)S(C)(=O)=O. The smallest absolute Gasteiger partial charge is 0.156 e. The maximum atomic E-state index is 11.4. The molecule has 0 aliphatic heterocycles. The third kappa shape index (κ3) is 1.91. The summed E-state index contributed by atoms with van der Waals surface area (Å²) in [4.78, 5) is 0. The van der Waals surface area contributed by atoms with E-state index in [1.54, 1.807) is 38.1 Å². The summed E-state index contributed by atoms with van der Waals surface area (Å²) in [5.74, 6) is 0. The maximum absolute atomic E-state index is 11.4. The second-order valence-electron chi connectivity index (χ2n) is 3.57. The van der Waals surface area contributed by atoms with Crippen LogP contribution in [-0.4, -0.2) is 14.7 Å². The summed E-state index contributed by atoms with van der Waals surface area (Å²) in [7, 11) is -3.08. The Morgan fingerprint density at radius 3 is 2.38 bits per heavy atom. The first-order valence-electron chi connectivity index (χ1n) is 4.02. The second kappa shape index (κ2) is 3.14. The van der Waals surface area contributed by atoms with Crippen molar-refractivity contribution in [3.8, 4) is 0 Å². The van der Waals surface area contributed by atoms with Gasteiger partial charge in [-0.25, -0.2) is 8.42 Å². The number of rotatable bonds is 2. The van der Waals surface area contributed by atoms with Gasteiger partial charge in [-0.15, -0.1) is 0 Å². The lowest BCUT2D eigenvalue weighted by Gasteiger charge is -2.22. The molecular weight excluding hydrogens is 184 g/mol. The molecule has 0 aliphatic carbocycles. The molecule has 1 radical (unpaired) electrons. The van der Waals surface area contributed by atoms with Crippen molar-refractivity contribution in [3.05, 3.63) is 35.9 Å². The van der Waals surface area contributed by atoms with E-state index >= 15 is 0 Å². The van der Waals surface area contributed by atoms with Crippen LogP contribution in [0.4, 0.5) is 0 Å². The number of hydrogen-bond donors (Lipinski definition) is 0. The Balaban J connectivity index is 3.24. The average Bonchev–Trinajstić information content (AvgIpc) is 2.04. The van der Waals surface area contributed by atoms with E-state index in [2.05, 4.69) is 6.07 Å². The van der Waals surface area contributed by atoms with Crippen molar-refractivity contribution >= 4 is 9.84 Å². The molecule has 0 bridgehead atoms. The van der Waals surface area contributed by atoms with Crippen LogP contribution in [0.1, 0.15) is 19.4 Å². The van der Waals surface area contributed by atoms with Gasteiger partial charge in [0.15, 0.2) is 9.84 Å². The zero-order valence-electron chi connectivity index (χ0n) is 8.03. The molecule has 13 heavy (non-hydrogen) atoms. The van der Waals surface area contributed by atoms with E-state index in [0.717, 1.165) is 5.56 Å². The fraction of sp³-hybridized carbons (Fsp3) is 0.400. The quantitative estimate of drug-likeness (QED) is 0.724. The first-order valence-corrected chi connectivity index (χ1v) is 5.91. The van der Waals surface area contributed by atoms with Gasteiger partial charge in [-0.1, -0.05) is 18.2 Å². The van der Waals surface area contributed by atoms with Crippen molar-refractivity contribution in [2.45, 2.75) is 18.6 Å². The minimum absolute atomic E-state index is 0.775. The van der Waals surface area contributed by atoms with Gasteiger partial charge in [0.25, 0.3) is 0 Å². The summed E-state index contributed by atoms with van der Waals surface area (Å²) in [6.45, 7) is 3.40. The van der Waals surface area contributed by atoms with Crippen LogP contribution in [0, 0.1) is 6.07 Å². The van der Waals surface area contributed by atoms with Gasteiger partial charge in [-0.3, -0.25) is 0 Å². The lowest BCUT2D eigenvalue weighted by molar-refractivity contribution is 0.561. The van der Waals surface area contributed by atoms with E-state index in [4.69, 9.17) is 0 Å². The van der Waals surface area contributed by atoms with E-state index < -0.39 is 14.6 Å². The topological polar surface area (TPSA) is 34.1 Å². The Labute approximate surface area is 79.5 Å². The molecular formula is C10H13O2S. The fourth-order valence-electron chi connectivity index (χ4n) is 0.982. The average molecular weight is 197 g/mol. The molecule has 1 aromatic carbocycles. The first kappa shape index (κ1) is 10.3. The predicted molar refractivity (Wildman–Crippen MR) is 53.1 cm³/mol. The van der Waals surface area contributed by atoms with Crippen LogP contribution in [-0.2, 0) is 14.6 Å². The Morgan fingerprint density at radius 1 is 1.38 bits per heavy atom. The van der Waals surface area contributed by atoms with Crippen molar-refractivity contribution in [3.63, 3.8) is 0 Å². The van der Waals surface area contributed by atoms with Crippen LogP contribution in [0.25, 0.3) is 0 Å². The highest BCUT2D eigenvalue weighted by molar-refractivity contribution is 7.91. The van der Waals surface area contributed by atoms with E-state index in [-0.39, 0.29) is 0 Å². The standard InChI is InChI=1S/C10H13O2S/c1-10(2,13(3,11)12)9-7-5-4-6-8-9/h4-5,7-8H,1-3H3. The number of benzene rings is 1. The molecule has 0 aliphatic rings. The summed E-state index contributed by atoms with van der Waals surface area (Å²) in [6, 6.07) is 9.93. The Hall–Kier alpha value is -0.830. The number of sulfone groups is 1. The molecule has 0 amide bonds. The highest BCUT2D eigenvalue weighted by Crippen LogP contribution is 2.27. The molecule has 0 fully saturated rings. The van der Waals surface area contributed by atoms with Gasteiger partial charge < -0.3 is 0 Å². The summed E-state index contributed by atoms with van der Waals surface area (Å²) in [5.41, 5.74) is 0.775. The first-order chi connectivity index (χ1) is 5.86.